The van der Waals surface area contributed by atoms with Crippen LogP contribution in [0.3, 0.4) is 0 Å². The van der Waals surface area contributed by atoms with Gasteiger partial charge in [0.2, 0.25) is 0 Å². The van der Waals surface area contributed by atoms with Crippen molar-refractivity contribution in [2.24, 2.45) is 0 Å². The van der Waals surface area contributed by atoms with Gasteiger partial charge in [0.05, 0.1) is 21.8 Å². The number of hydrogen-bond acceptors (Lipinski definition) is 3. The Morgan fingerprint density at radius 1 is 1.33 bits per heavy atom. The largest absolute Gasteiger partial charge is 0.336 e. The Morgan fingerprint density at radius 2 is 2.10 bits per heavy atom. The quantitative estimate of drug-likeness (QED) is 0.798. The summed E-state index contributed by atoms with van der Waals surface area (Å²) in [6, 6.07) is 12.8. The molecule has 0 unspecified atom stereocenters. The van der Waals surface area contributed by atoms with E-state index >= 15 is 0 Å². The number of aryl methyl sites for hydroxylation is 1. The summed E-state index contributed by atoms with van der Waals surface area (Å²) in [7, 11) is 0. The summed E-state index contributed by atoms with van der Waals surface area (Å²) in [6.45, 7) is 2.77. The molecule has 0 fully saturated rings. The van der Waals surface area contributed by atoms with Crippen molar-refractivity contribution in [2.45, 2.75) is 13.5 Å². The fourth-order valence-corrected chi connectivity index (χ4v) is 3.15. The van der Waals surface area contributed by atoms with Crippen LogP contribution in [0.4, 0.5) is 5.69 Å². The molecule has 1 amide bonds. The summed E-state index contributed by atoms with van der Waals surface area (Å²) >= 11 is 1.63. The lowest BCUT2D eigenvalue weighted by molar-refractivity contribution is 0.101. The third kappa shape index (κ3) is 2.41. The Labute approximate surface area is 126 Å². The second-order valence-electron chi connectivity index (χ2n) is 4.59. The van der Waals surface area contributed by atoms with Gasteiger partial charge in [-0.05, 0) is 48.7 Å². The van der Waals surface area contributed by atoms with Gasteiger partial charge in [0.1, 0.15) is 5.69 Å². The summed E-state index contributed by atoms with van der Waals surface area (Å²) in [5.41, 5.74) is 3.01. The number of carbonyl (C=O) groups is 1. The Morgan fingerprint density at radius 3 is 2.76 bits per heavy atom. The van der Waals surface area contributed by atoms with Gasteiger partial charge < -0.3 is 9.88 Å². The maximum atomic E-state index is 12.4. The molecule has 2 heterocycles. The van der Waals surface area contributed by atoms with E-state index in [1.54, 1.807) is 35.6 Å². The third-order valence-corrected chi connectivity index (χ3v) is 4.20. The average molecular weight is 295 g/mol. The van der Waals surface area contributed by atoms with Crippen LogP contribution < -0.4 is 5.32 Å². The minimum absolute atomic E-state index is 0.134. The summed E-state index contributed by atoms with van der Waals surface area (Å²) < 4.78 is 3.12. The molecule has 0 aliphatic heterocycles. The lowest BCUT2D eigenvalue weighted by Gasteiger charge is -2.08. The zero-order valence-electron chi connectivity index (χ0n) is 11.5. The molecule has 0 bridgehead atoms. The van der Waals surface area contributed by atoms with Crippen molar-refractivity contribution in [1.82, 2.24) is 4.57 Å². The van der Waals surface area contributed by atoms with E-state index in [2.05, 4.69) is 11.4 Å². The standard InChI is InChI=1S/C16H13N3OS/c1-2-19-13-7-8-21-15(13)9-14(19)16(20)18-12-5-3-11(10-17)4-6-12/h3-9H,2H2,1H3,(H,18,20). The number of nitrogens with one attached hydrogen (secondary N) is 1. The topological polar surface area (TPSA) is 57.8 Å². The van der Waals surface area contributed by atoms with Crippen LogP contribution in [-0.4, -0.2) is 10.5 Å². The second-order valence-corrected chi connectivity index (χ2v) is 5.53. The smallest absolute Gasteiger partial charge is 0.272 e. The zero-order chi connectivity index (χ0) is 14.8. The van der Waals surface area contributed by atoms with E-state index in [-0.39, 0.29) is 5.91 Å². The summed E-state index contributed by atoms with van der Waals surface area (Å²) in [5, 5.41) is 13.7. The van der Waals surface area contributed by atoms with Gasteiger partial charge in [-0.25, -0.2) is 0 Å². The number of carbonyl (C=O) groups excluding carboxylic acids is 1. The maximum absolute atomic E-state index is 12.4. The van der Waals surface area contributed by atoms with E-state index in [1.165, 1.54) is 0 Å². The van der Waals surface area contributed by atoms with E-state index in [9.17, 15) is 4.79 Å². The normalized spacial score (nSPS) is 10.5. The Bertz CT molecular complexity index is 837. The van der Waals surface area contributed by atoms with Gasteiger partial charge in [0.25, 0.3) is 5.91 Å². The number of anilines is 1. The van der Waals surface area contributed by atoms with E-state index in [4.69, 9.17) is 5.26 Å². The van der Waals surface area contributed by atoms with Crippen LogP contribution in [0.1, 0.15) is 23.0 Å². The molecule has 3 rings (SSSR count). The Kier molecular flexibility index (Phi) is 3.46. The molecule has 1 N–H and O–H groups in total. The highest BCUT2D eigenvalue weighted by Gasteiger charge is 2.15. The van der Waals surface area contributed by atoms with E-state index < -0.39 is 0 Å². The van der Waals surface area contributed by atoms with Gasteiger partial charge in [0, 0.05) is 12.2 Å². The molecule has 1 aromatic carbocycles. The zero-order valence-corrected chi connectivity index (χ0v) is 12.3. The Balaban J connectivity index is 1.89. The van der Waals surface area contributed by atoms with Crippen molar-refractivity contribution in [3.05, 3.63) is 53.0 Å². The number of benzene rings is 1. The molecule has 104 valence electrons. The Hall–Kier alpha value is -2.58. The molecule has 0 saturated heterocycles. The molecule has 0 radical (unpaired) electrons. The lowest BCUT2D eigenvalue weighted by atomic mass is 10.2. The van der Waals surface area contributed by atoms with Crippen LogP contribution in [-0.2, 0) is 6.54 Å². The molecule has 0 atom stereocenters. The van der Waals surface area contributed by atoms with Crippen LogP contribution in [0, 0.1) is 11.3 Å². The number of aromatic nitrogens is 1. The van der Waals surface area contributed by atoms with Gasteiger partial charge in [-0.1, -0.05) is 0 Å². The minimum atomic E-state index is -0.134. The number of thiophene rings is 1. The number of rotatable bonds is 3. The van der Waals surface area contributed by atoms with Crippen molar-refractivity contribution in [3.8, 4) is 6.07 Å². The average Bonchev–Trinajstić information content (AvgIpc) is 3.08. The van der Waals surface area contributed by atoms with Crippen molar-refractivity contribution in [3.63, 3.8) is 0 Å². The van der Waals surface area contributed by atoms with E-state index in [0.29, 0.717) is 16.9 Å². The van der Waals surface area contributed by atoms with Crippen molar-refractivity contribution in [1.29, 1.82) is 5.26 Å². The van der Waals surface area contributed by atoms with Crippen molar-refractivity contribution < 1.29 is 4.79 Å². The number of nitriles is 1. The van der Waals surface area contributed by atoms with Crippen LogP contribution in [0.15, 0.2) is 41.8 Å². The first-order chi connectivity index (χ1) is 10.2. The first-order valence-corrected chi connectivity index (χ1v) is 7.49. The van der Waals surface area contributed by atoms with E-state index in [0.717, 1.165) is 16.8 Å². The highest BCUT2D eigenvalue weighted by Crippen LogP contribution is 2.25. The molecular weight excluding hydrogens is 282 g/mol. The number of fused-ring (bicyclic) bond motifs is 1. The SMILES string of the molecule is CCn1c(C(=O)Nc2ccc(C#N)cc2)cc2sccc21. The highest BCUT2D eigenvalue weighted by molar-refractivity contribution is 7.17. The second kappa shape index (κ2) is 5.43. The van der Waals surface area contributed by atoms with Gasteiger partial charge in [-0.15, -0.1) is 11.3 Å². The monoisotopic (exact) mass is 295 g/mol. The third-order valence-electron chi connectivity index (χ3n) is 3.34. The molecule has 2 aromatic heterocycles. The maximum Gasteiger partial charge on any atom is 0.272 e. The van der Waals surface area contributed by atoms with Crippen LogP contribution in [0.2, 0.25) is 0 Å². The van der Waals surface area contributed by atoms with E-state index in [1.807, 2.05) is 29.0 Å². The fourth-order valence-electron chi connectivity index (χ4n) is 2.33. The number of nitrogens with zero attached hydrogens (tertiary/aromatic N) is 2. The molecule has 5 heteroatoms. The molecular formula is C16H13N3OS. The van der Waals surface area contributed by atoms with Crippen LogP contribution in [0.25, 0.3) is 10.2 Å². The highest BCUT2D eigenvalue weighted by atomic mass is 32.1. The predicted octanol–water partition coefficient (Wildman–Crippen LogP) is 3.85. The lowest BCUT2D eigenvalue weighted by Crippen LogP contribution is -2.16. The molecule has 0 aliphatic rings. The van der Waals surface area contributed by atoms with Gasteiger partial charge in [-0.3, -0.25) is 4.79 Å². The van der Waals surface area contributed by atoms with Gasteiger partial charge in [-0.2, -0.15) is 5.26 Å². The molecule has 3 aromatic rings. The molecule has 0 aliphatic carbocycles. The van der Waals surface area contributed by atoms with Gasteiger partial charge in [0.15, 0.2) is 0 Å². The van der Waals surface area contributed by atoms with Crippen LogP contribution >= 0.6 is 11.3 Å². The molecule has 0 saturated carbocycles. The molecule has 4 nitrogen and oxygen atoms in total. The first-order valence-electron chi connectivity index (χ1n) is 6.61. The van der Waals surface area contributed by atoms with Crippen molar-refractivity contribution in [2.75, 3.05) is 5.32 Å². The summed E-state index contributed by atoms with van der Waals surface area (Å²) in [6.07, 6.45) is 0. The molecule has 0 spiro atoms. The van der Waals surface area contributed by atoms with Gasteiger partial charge >= 0.3 is 0 Å². The molecule has 21 heavy (non-hydrogen) atoms. The minimum Gasteiger partial charge on any atom is -0.336 e. The number of hydrogen-bond donors (Lipinski definition) is 1. The number of amides is 1. The summed E-state index contributed by atoms with van der Waals surface area (Å²) in [5.74, 6) is -0.134. The van der Waals surface area contributed by atoms with Crippen LogP contribution in [0.5, 0.6) is 0 Å². The van der Waals surface area contributed by atoms with Crippen molar-refractivity contribution >= 4 is 33.1 Å². The fraction of sp³-hybridized carbons (Fsp3) is 0.125. The first kappa shape index (κ1) is 13.4. The summed E-state index contributed by atoms with van der Waals surface area (Å²) in [4.78, 5) is 12.4. The predicted molar refractivity (Wildman–Crippen MR) is 84.6 cm³/mol.